The van der Waals surface area contributed by atoms with Gasteiger partial charge in [0.2, 0.25) is 5.91 Å². The minimum absolute atomic E-state index is 0.235. The van der Waals surface area contributed by atoms with Crippen LogP contribution >= 0.6 is 0 Å². The van der Waals surface area contributed by atoms with Gasteiger partial charge in [0.1, 0.15) is 0 Å². The first-order valence-corrected chi connectivity index (χ1v) is 7.69. The van der Waals surface area contributed by atoms with Gasteiger partial charge in [0.05, 0.1) is 6.42 Å². The number of hydrogen-bond acceptors (Lipinski definition) is 3. The van der Waals surface area contributed by atoms with Crippen LogP contribution in [0.2, 0.25) is 0 Å². The van der Waals surface area contributed by atoms with Gasteiger partial charge in [-0.05, 0) is 43.5 Å². The van der Waals surface area contributed by atoms with E-state index in [9.17, 15) is 4.79 Å². The van der Waals surface area contributed by atoms with Gasteiger partial charge in [-0.2, -0.15) is 0 Å². The number of pyridine rings is 1. The van der Waals surface area contributed by atoms with Gasteiger partial charge in [0, 0.05) is 31.5 Å². The SMILES string of the molecule is CCCCN(CC1CCCN1)C(=O)Cc1ccncc1. The van der Waals surface area contributed by atoms with Crippen molar-refractivity contribution in [1.82, 2.24) is 15.2 Å². The molecule has 1 amide bonds. The Kier molecular flexibility index (Phi) is 5.99. The van der Waals surface area contributed by atoms with E-state index >= 15 is 0 Å². The highest BCUT2D eigenvalue weighted by Gasteiger charge is 2.21. The quantitative estimate of drug-likeness (QED) is 0.828. The molecular weight excluding hydrogens is 250 g/mol. The Morgan fingerprint density at radius 2 is 2.25 bits per heavy atom. The standard InChI is InChI=1S/C16H25N3O/c1-2-3-11-19(13-15-5-4-8-18-15)16(20)12-14-6-9-17-10-7-14/h6-7,9-10,15,18H,2-5,8,11-13H2,1H3. The van der Waals surface area contributed by atoms with Crippen molar-refractivity contribution in [2.24, 2.45) is 0 Å². The lowest BCUT2D eigenvalue weighted by atomic mass is 10.1. The van der Waals surface area contributed by atoms with Crippen LogP contribution in [0.5, 0.6) is 0 Å². The van der Waals surface area contributed by atoms with Crippen molar-refractivity contribution in [3.63, 3.8) is 0 Å². The van der Waals surface area contributed by atoms with Crippen LogP contribution in [0.15, 0.2) is 24.5 Å². The van der Waals surface area contributed by atoms with Crippen molar-refractivity contribution in [3.8, 4) is 0 Å². The second kappa shape index (κ2) is 8.00. The summed E-state index contributed by atoms with van der Waals surface area (Å²) in [5.41, 5.74) is 1.05. The fraction of sp³-hybridized carbons (Fsp3) is 0.625. The Morgan fingerprint density at radius 1 is 1.45 bits per heavy atom. The Morgan fingerprint density at radius 3 is 2.90 bits per heavy atom. The van der Waals surface area contributed by atoms with Crippen molar-refractivity contribution in [2.75, 3.05) is 19.6 Å². The second-order valence-electron chi connectivity index (χ2n) is 5.52. The van der Waals surface area contributed by atoms with Crippen molar-refractivity contribution in [2.45, 2.75) is 45.1 Å². The van der Waals surface area contributed by atoms with Crippen molar-refractivity contribution in [1.29, 1.82) is 0 Å². The summed E-state index contributed by atoms with van der Waals surface area (Å²) >= 11 is 0. The molecule has 1 aliphatic heterocycles. The van der Waals surface area contributed by atoms with Gasteiger partial charge in [0.15, 0.2) is 0 Å². The van der Waals surface area contributed by atoms with Crippen LogP contribution in [0.1, 0.15) is 38.2 Å². The third kappa shape index (κ3) is 4.60. The summed E-state index contributed by atoms with van der Waals surface area (Å²) in [7, 11) is 0. The van der Waals surface area contributed by atoms with E-state index in [0.29, 0.717) is 12.5 Å². The maximum atomic E-state index is 12.5. The lowest BCUT2D eigenvalue weighted by Gasteiger charge is -2.26. The molecule has 1 aromatic rings. The fourth-order valence-electron chi connectivity index (χ4n) is 2.63. The van der Waals surface area contributed by atoms with Gasteiger partial charge < -0.3 is 10.2 Å². The molecule has 1 aromatic heterocycles. The smallest absolute Gasteiger partial charge is 0.227 e. The van der Waals surface area contributed by atoms with E-state index < -0.39 is 0 Å². The molecule has 0 saturated carbocycles. The maximum absolute atomic E-state index is 12.5. The molecule has 1 fully saturated rings. The molecule has 0 bridgehead atoms. The molecule has 0 aromatic carbocycles. The van der Waals surface area contributed by atoms with Crippen LogP contribution in [0.25, 0.3) is 0 Å². The molecular formula is C16H25N3O. The fourth-order valence-corrected chi connectivity index (χ4v) is 2.63. The van der Waals surface area contributed by atoms with Gasteiger partial charge >= 0.3 is 0 Å². The molecule has 1 aliphatic rings. The largest absolute Gasteiger partial charge is 0.341 e. The molecule has 0 aliphatic carbocycles. The number of carbonyl (C=O) groups is 1. The number of unbranched alkanes of at least 4 members (excludes halogenated alkanes) is 1. The predicted octanol–water partition coefficient (Wildman–Crippen LogP) is 2.00. The Labute approximate surface area is 121 Å². The third-order valence-electron chi connectivity index (χ3n) is 3.84. The van der Waals surface area contributed by atoms with Crippen LogP contribution in [-0.2, 0) is 11.2 Å². The molecule has 1 saturated heterocycles. The number of aromatic nitrogens is 1. The van der Waals surface area contributed by atoms with E-state index in [-0.39, 0.29) is 5.91 Å². The molecule has 2 rings (SSSR count). The van der Waals surface area contributed by atoms with Crippen LogP contribution in [-0.4, -0.2) is 41.5 Å². The van der Waals surface area contributed by atoms with Crippen molar-refractivity contribution >= 4 is 5.91 Å². The Bertz CT molecular complexity index is 401. The van der Waals surface area contributed by atoms with E-state index in [4.69, 9.17) is 0 Å². The monoisotopic (exact) mass is 275 g/mol. The number of rotatable bonds is 7. The van der Waals surface area contributed by atoms with Gasteiger partial charge in [-0.1, -0.05) is 13.3 Å². The molecule has 4 heteroatoms. The van der Waals surface area contributed by atoms with Crippen molar-refractivity contribution < 1.29 is 4.79 Å². The summed E-state index contributed by atoms with van der Waals surface area (Å²) in [4.78, 5) is 18.5. The van der Waals surface area contributed by atoms with Crippen molar-refractivity contribution in [3.05, 3.63) is 30.1 Å². The normalized spacial score (nSPS) is 18.1. The topological polar surface area (TPSA) is 45.2 Å². The van der Waals surface area contributed by atoms with E-state index in [1.807, 2.05) is 17.0 Å². The number of amides is 1. The predicted molar refractivity (Wildman–Crippen MR) is 80.5 cm³/mol. The average Bonchev–Trinajstić information content (AvgIpc) is 2.97. The molecule has 0 spiro atoms. The van der Waals surface area contributed by atoms with Gasteiger partial charge in [-0.15, -0.1) is 0 Å². The second-order valence-corrected chi connectivity index (χ2v) is 5.52. The zero-order valence-corrected chi connectivity index (χ0v) is 12.3. The van der Waals surface area contributed by atoms with Crippen LogP contribution in [0.4, 0.5) is 0 Å². The molecule has 4 nitrogen and oxygen atoms in total. The maximum Gasteiger partial charge on any atom is 0.227 e. The third-order valence-corrected chi connectivity index (χ3v) is 3.84. The van der Waals surface area contributed by atoms with Crippen LogP contribution in [0, 0.1) is 0 Å². The zero-order valence-electron chi connectivity index (χ0n) is 12.3. The van der Waals surface area contributed by atoms with Gasteiger partial charge in [0.25, 0.3) is 0 Å². The lowest BCUT2D eigenvalue weighted by molar-refractivity contribution is -0.130. The molecule has 1 atom stereocenters. The highest BCUT2D eigenvalue weighted by Crippen LogP contribution is 2.10. The number of carbonyl (C=O) groups excluding carboxylic acids is 1. The summed E-state index contributed by atoms with van der Waals surface area (Å²) in [5, 5.41) is 3.48. The van der Waals surface area contributed by atoms with E-state index in [2.05, 4.69) is 17.2 Å². The Hall–Kier alpha value is -1.42. The Balaban J connectivity index is 1.91. The number of nitrogens with one attached hydrogen (secondary N) is 1. The molecule has 110 valence electrons. The average molecular weight is 275 g/mol. The summed E-state index contributed by atoms with van der Waals surface area (Å²) in [6, 6.07) is 4.32. The summed E-state index contributed by atoms with van der Waals surface area (Å²) in [6.07, 6.45) is 8.59. The van der Waals surface area contributed by atoms with E-state index in [1.54, 1.807) is 12.4 Å². The summed E-state index contributed by atoms with van der Waals surface area (Å²) < 4.78 is 0. The highest BCUT2D eigenvalue weighted by atomic mass is 16.2. The highest BCUT2D eigenvalue weighted by molar-refractivity contribution is 5.78. The summed E-state index contributed by atoms with van der Waals surface area (Å²) in [6.45, 7) is 4.98. The molecule has 1 unspecified atom stereocenters. The van der Waals surface area contributed by atoms with E-state index in [0.717, 1.165) is 38.0 Å². The first kappa shape index (κ1) is 15.0. The molecule has 1 N–H and O–H groups in total. The molecule has 2 heterocycles. The van der Waals surface area contributed by atoms with Gasteiger partial charge in [-0.25, -0.2) is 0 Å². The first-order chi connectivity index (χ1) is 9.79. The zero-order chi connectivity index (χ0) is 14.2. The first-order valence-electron chi connectivity index (χ1n) is 7.69. The minimum atomic E-state index is 0.235. The summed E-state index contributed by atoms with van der Waals surface area (Å²) in [5.74, 6) is 0.235. The van der Waals surface area contributed by atoms with Crippen LogP contribution < -0.4 is 5.32 Å². The van der Waals surface area contributed by atoms with Gasteiger partial charge in [-0.3, -0.25) is 9.78 Å². The number of nitrogens with zero attached hydrogens (tertiary/aromatic N) is 2. The minimum Gasteiger partial charge on any atom is -0.341 e. The van der Waals surface area contributed by atoms with E-state index in [1.165, 1.54) is 12.8 Å². The lowest BCUT2D eigenvalue weighted by Crippen LogP contribution is -2.42. The molecule has 20 heavy (non-hydrogen) atoms. The molecule has 0 radical (unpaired) electrons. The number of hydrogen-bond donors (Lipinski definition) is 1. The van der Waals surface area contributed by atoms with Crippen LogP contribution in [0.3, 0.4) is 0 Å².